The van der Waals surface area contributed by atoms with Crippen LogP contribution < -0.4 is 5.32 Å². The Bertz CT molecular complexity index is 182. The van der Waals surface area contributed by atoms with Gasteiger partial charge in [0.15, 0.2) is 5.17 Å². The lowest BCUT2D eigenvalue weighted by Crippen LogP contribution is -2.21. The van der Waals surface area contributed by atoms with Crippen LogP contribution in [0.25, 0.3) is 0 Å². The van der Waals surface area contributed by atoms with E-state index in [9.17, 15) is 0 Å². The summed E-state index contributed by atoms with van der Waals surface area (Å²) in [5.41, 5.74) is 0.465. The van der Waals surface area contributed by atoms with Gasteiger partial charge in [-0.3, -0.25) is 4.99 Å². The average Bonchev–Trinajstić information content (AvgIpc) is 2.48. The van der Waals surface area contributed by atoms with Crippen LogP contribution in [0.15, 0.2) is 4.99 Å². The Morgan fingerprint density at radius 2 is 2.23 bits per heavy atom. The van der Waals surface area contributed by atoms with Gasteiger partial charge in [-0.15, -0.1) is 0 Å². The van der Waals surface area contributed by atoms with Gasteiger partial charge in [-0.1, -0.05) is 32.5 Å². The van der Waals surface area contributed by atoms with Gasteiger partial charge in [0, 0.05) is 12.3 Å². The number of rotatable bonds is 3. The van der Waals surface area contributed by atoms with Crippen molar-refractivity contribution >= 4 is 16.9 Å². The zero-order valence-corrected chi connectivity index (χ0v) is 9.71. The lowest BCUT2D eigenvalue weighted by atomic mass is 9.91. The van der Waals surface area contributed by atoms with Crippen LogP contribution in [-0.2, 0) is 0 Å². The summed E-state index contributed by atoms with van der Waals surface area (Å²) in [5, 5.41) is 4.51. The monoisotopic (exact) mass is 200 g/mol. The Balaban J connectivity index is 2.01. The number of nitrogens with one attached hydrogen (secondary N) is 1. The molecule has 0 amide bonds. The molecule has 1 rings (SSSR count). The van der Waals surface area contributed by atoms with E-state index in [1.807, 2.05) is 11.8 Å². The quantitative estimate of drug-likeness (QED) is 0.708. The molecule has 1 aliphatic heterocycles. The molecule has 2 nitrogen and oxygen atoms in total. The average molecular weight is 200 g/mol. The van der Waals surface area contributed by atoms with Crippen LogP contribution in [0.1, 0.15) is 33.6 Å². The first kappa shape index (κ1) is 10.9. The van der Waals surface area contributed by atoms with Crippen LogP contribution >= 0.6 is 11.8 Å². The highest BCUT2D eigenvalue weighted by Gasteiger charge is 2.10. The number of hydrogen-bond acceptors (Lipinski definition) is 3. The highest BCUT2D eigenvalue weighted by atomic mass is 32.2. The summed E-state index contributed by atoms with van der Waals surface area (Å²) in [6.45, 7) is 8.92. The number of thioether (sulfide) groups is 1. The molecule has 1 heterocycles. The molecule has 1 N–H and O–H groups in total. The Hall–Kier alpha value is -0.180. The Kier molecular flexibility index (Phi) is 4.10. The Morgan fingerprint density at radius 3 is 2.77 bits per heavy atom. The smallest absolute Gasteiger partial charge is 0.156 e. The largest absolute Gasteiger partial charge is 0.365 e. The maximum absolute atomic E-state index is 4.34. The van der Waals surface area contributed by atoms with Gasteiger partial charge in [-0.05, 0) is 18.3 Å². The molecule has 0 radical (unpaired) electrons. The zero-order chi connectivity index (χ0) is 9.73. The number of amidine groups is 1. The predicted octanol–water partition coefficient (Wildman–Crippen LogP) is 2.51. The standard InChI is InChI=1S/C10H20N2S/c1-10(2,3)5-4-6-11-9-12-7-8-13-9/h4-8H2,1-3H3,(H,11,12). The Morgan fingerprint density at radius 1 is 1.46 bits per heavy atom. The van der Waals surface area contributed by atoms with E-state index >= 15 is 0 Å². The molecule has 0 saturated carbocycles. The van der Waals surface area contributed by atoms with Crippen LogP contribution in [0.5, 0.6) is 0 Å². The molecule has 1 aliphatic rings. The summed E-state index contributed by atoms with van der Waals surface area (Å²) in [4.78, 5) is 4.34. The molecule has 0 fully saturated rings. The van der Waals surface area contributed by atoms with Gasteiger partial charge in [-0.2, -0.15) is 0 Å². The highest BCUT2D eigenvalue weighted by molar-refractivity contribution is 8.14. The van der Waals surface area contributed by atoms with Gasteiger partial charge in [-0.25, -0.2) is 0 Å². The molecule has 3 heteroatoms. The third-order valence-electron chi connectivity index (χ3n) is 1.97. The molecule has 76 valence electrons. The van der Waals surface area contributed by atoms with E-state index in [0.29, 0.717) is 5.41 Å². The molecule has 0 saturated heterocycles. The lowest BCUT2D eigenvalue weighted by Gasteiger charge is -2.17. The summed E-state index contributed by atoms with van der Waals surface area (Å²) in [5.74, 6) is 1.15. The summed E-state index contributed by atoms with van der Waals surface area (Å²) < 4.78 is 0. The van der Waals surface area contributed by atoms with E-state index in [2.05, 4.69) is 31.1 Å². The number of nitrogens with zero attached hydrogens (tertiary/aromatic N) is 1. The van der Waals surface area contributed by atoms with Gasteiger partial charge in [0.2, 0.25) is 0 Å². The van der Waals surface area contributed by atoms with Crippen LogP contribution in [-0.4, -0.2) is 24.0 Å². The van der Waals surface area contributed by atoms with Crippen LogP contribution in [0, 0.1) is 5.41 Å². The van der Waals surface area contributed by atoms with Gasteiger partial charge >= 0.3 is 0 Å². The van der Waals surface area contributed by atoms with E-state index < -0.39 is 0 Å². The van der Waals surface area contributed by atoms with Crippen molar-refractivity contribution in [1.29, 1.82) is 0 Å². The van der Waals surface area contributed by atoms with Crippen LogP contribution in [0.2, 0.25) is 0 Å². The maximum Gasteiger partial charge on any atom is 0.156 e. The van der Waals surface area contributed by atoms with E-state index in [4.69, 9.17) is 0 Å². The van der Waals surface area contributed by atoms with Crippen molar-refractivity contribution in [2.75, 3.05) is 18.8 Å². The van der Waals surface area contributed by atoms with Crippen molar-refractivity contribution in [3.8, 4) is 0 Å². The fraction of sp³-hybridized carbons (Fsp3) is 0.900. The summed E-state index contributed by atoms with van der Waals surface area (Å²) in [6, 6.07) is 0. The fourth-order valence-corrected chi connectivity index (χ4v) is 2.02. The molecular weight excluding hydrogens is 180 g/mol. The van der Waals surface area contributed by atoms with Crippen molar-refractivity contribution < 1.29 is 0 Å². The lowest BCUT2D eigenvalue weighted by molar-refractivity contribution is 0.366. The first-order valence-electron chi connectivity index (χ1n) is 4.99. The number of aliphatic imine (C=N–C) groups is 1. The van der Waals surface area contributed by atoms with E-state index in [1.54, 1.807) is 0 Å². The van der Waals surface area contributed by atoms with Gasteiger partial charge in [0.05, 0.1) is 6.54 Å². The van der Waals surface area contributed by atoms with Crippen molar-refractivity contribution in [1.82, 2.24) is 5.32 Å². The summed E-state index contributed by atoms with van der Waals surface area (Å²) in [6.07, 6.45) is 2.51. The van der Waals surface area contributed by atoms with Crippen molar-refractivity contribution in [2.24, 2.45) is 10.4 Å². The van der Waals surface area contributed by atoms with Crippen molar-refractivity contribution in [2.45, 2.75) is 33.6 Å². The van der Waals surface area contributed by atoms with Crippen molar-refractivity contribution in [3.05, 3.63) is 0 Å². The SMILES string of the molecule is CC(C)(C)CCCNC1=NCCS1. The first-order chi connectivity index (χ1) is 6.08. The minimum atomic E-state index is 0.465. The van der Waals surface area contributed by atoms with Gasteiger partial charge in [0.25, 0.3) is 0 Å². The third-order valence-corrected chi connectivity index (χ3v) is 2.90. The third kappa shape index (κ3) is 5.19. The molecule has 0 aliphatic carbocycles. The summed E-state index contributed by atoms with van der Waals surface area (Å²) >= 11 is 1.84. The normalized spacial score (nSPS) is 17.3. The molecule has 0 aromatic carbocycles. The van der Waals surface area contributed by atoms with Crippen LogP contribution in [0.3, 0.4) is 0 Å². The second-order valence-electron chi connectivity index (χ2n) is 4.63. The molecule has 0 aromatic heterocycles. The zero-order valence-electron chi connectivity index (χ0n) is 8.89. The number of hydrogen-bond donors (Lipinski definition) is 1. The molecule has 0 bridgehead atoms. The highest BCUT2D eigenvalue weighted by Crippen LogP contribution is 2.20. The molecule has 0 spiro atoms. The first-order valence-corrected chi connectivity index (χ1v) is 5.98. The van der Waals surface area contributed by atoms with Gasteiger partial charge < -0.3 is 5.32 Å². The second kappa shape index (κ2) is 4.89. The van der Waals surface area contributed by atoms with E-state index in [1.165, 1.54) is 12.8 Å². The van der Waals surface area contributed by atoms with Gasteiger partial charge in [0.1, 0.15) is 0 Å². The topological polar surface area (TPSA) is 24.4 Å². The maximum atomic E-state index is 4.34. The molecule has 0 unspecified atom stereocenters. The Labute approximate surface area is 85.6 Å². The van der Waals surface area contributed by atoms with E-state index in [-0.39, 0.29) is 0 Å². The molecule has 0 aromatic rings. The summed E-state index contributed by atoms with van der Waals surface area (Å²) in [7, 11) is 0. The fourth-order valence-electron chi connectivity index (χ4n) is 1.26. The van der Waals surface area contributed by atoms with Crippen molar-refractivity contribution in [3.63, 3.8) is 0 Å². The minimum absolute atomic E-state index is 0.465. The van der Waals surface area contributed by atoms with E-state index in [0.717, 1.165) is 24.0 Å². The van der Waals surface area contributed by atoms with Crippen LogP contribution in [0.4, 0.5) is 0 Å². The molecule has 13 heavy (non-hydrogen) atoms. The second-order valence-corrected chi connectivity index (χ2v) is 5.71. The predicted molar refractivity (Wildman–Crippen MR) is 61.5 cm³/mol. The molecule has 0 atom stereocenters. The molecular formula is C10H20N2S. The minimum Gasteiger partial charge on any atom is -0.365 e.